The van der Waals surface area contributed by atoms with E-state index in [1.807, 2.05) is 24.3 Å². The van der Waals surface area contributed by atoms with Crippen LogP contribution in [0.5, 0.6) is 0 Å². The summed E-state index contributed by atoms with van der Waals surface area (Å²) in [6.45, 7) is 1.67. The van der Waals surface area contributed by atoms with Crippen LogP contribution in [0, 0.1) is 5.92 Å². The normalized spacial score (nSPS) is 18.2. The van der Waals surface area contributed by atoms with E-state index in [0.29, 0.717) is 31.6 Å². The number of benzene rings is 1. The number of carbonyl (C=O) groups excluding carboxylic acids is 1. The van der Waals surface area contributed by atoms with Gasteiger partial charge in [-0.3, -0.25) is 9.59 Å². The molecule has 1 heterocycles. The van der Waals surface area contributed by atoms with Gasteiger partial charge in [0.2, 0.25) is 0 Å². The first-order valence-corrected chi connectivity index (χ1v) is 6.91. The summed E-state index contributed by atoms with van der Waals surface area (Å²) in [7, 11) is 0. The van der Waals surface area contributed by atoms with Crippen molar-refractivity contribution >= 4 is 11.9 Å². The summed E-state index contributed by atoms with van der Waals surface area (Å²) < 4.78 is 0. The molecule has 1 atom stereocenters. The van der Waals surface area contributed by atoms with Gasteiger partial charge in [0.25, 0.3) is 5.91 Å². The molecule has 1 aliphatic heterocycles. The Morgan fingerprint density at radius 3 is 2.80 bits per heavy atom. The number of nitrogens with zero attached hydrogens (tertiary/aromatic N) is 1. The Morgan fingerprint density at radius 1 is 1.35 bits per heavy atom. The molecule has 5 nitrogen and oxygen atoms in total. The van der Waals surface area contributed by atoms with Gasteiger partial charge in [-0.1, -0.05) is 18.2 Å². The van der Waals surface area contributed by atoms with E-state index in [0.717, 1.165) is 12.0 Å². The monoisotopic (exact) mass is 276 g/mol. The molecule has 0 aromatic heterocycles. The first-order chi connectivity index (χ1) is 9.61. The number of amides is 1. The molecule has 5 heteroatoms. The van der Waals surface area contributed by atoms with Crippen LogP contribution in [0.15, 0.2) is 24.3 Å². The molecule has 108 valence electrons. The van der Waals surface area contributed by atoms with E-state index in [4.69, 9.17) is 10.8 Å². The van der Waals surface area contributed by atoms with Crippen LogP contribution >= 0.6 is 0 Å². The van der Waals surface area contributed by atoms with Crippen LogP contribution < -0.4 is 5.73 Å². The van der Waals surface area contributed by atoms with Gasteiger partial charge in [-0.25, -0.2) is 0 Å². The molecule has 1 aromatic carbocycles. The third-order valence-electron chi connectivity index (χ3n) is 3.70. The van der Waals surface area contributed by atoms with Crippen molar-refractivity contribution in [1.82, 2.24) is 4.90 Å². The fourth-order valence-corrected chi connectivity index (χ4v) is 2.70. The summed E-state index contributed by atoms with van der Waals surface area (Å²) in [4.78, 5) is 25.0. The SMILES string of the molecule is NCCc1ccccc1C(=O)N1CCC(CC(=O)O)C1. The van der Waals surface area contributed by atoms with Gasteiger partial charge in [0.05, 0.1) is 0 Å². The highest BCUT2D eigenvalue weighted by atomic mass is 16.4. The fourth-order valence-electron chi connectivity index (χ4n) is 2.70. The van der Waals surface area contributed by atoms with Crippen LogP contribution in [0.4, 0.5) is 0 Å². The average Bonchev–Trinajstić information content (AvgIpc) is 2.86. The maximum absolute atomic E-state index is 12.5. The second-order valence-corrected chi connectivity index (χ2v) is 5.20. The van der Waals surface area contributed by atoms with Crippen molar-refractivity contribution in [2.24, 2.45) is 11.7 Å². The number of carbonyl (C=O) groups is 2. The lowest BCUT2D eigenvalue weighted by Crippen LogP contribution is -2.30. The molecular formula is C15H20N2O3. The maximum atomic E-state index is 12.5. The van der Waals surface area contributed by atoms with Crippen LogP contribution in [0.1, 0.15) is 28.8 Å². The molecule has 0 saturated carbocycles. The molecule has 1 saturated heterocycles. The Kier molecular flexibility index (Phi) is 4.74. The Bertz CT molecular complexity index is 502. The van der Waals surface area contributed by atoms with Gasteiger partial charge in [-0.15, -0.1) is 0 Å². The third kappa shape index (κ3) is 3.36. The van der Waals surface area contributed by atoms with Crippen LogP contribution in [0.2, 0.25) is 0 Å². The van der Waals surface area contributed by atoms with E-state index >= 15 is 0 Å². The van der Waals surface area contributed by atoms with Gasteiger partial charge in [-0.2, -0.15) is 0 Å². The smallest absolute Gasteiger partial charge is 0.303 e. The van der Waals surface area contributed by atoms with Gasteiger partial charge in [0, 0.05) is 25.1 Å². The zero-order valence-electron chi connectivity index (χ0n) is 11.4. The van der Waals surface area contributed by atoms with Crippen LogP contribution in [-0.2, 0) is 11.2 Å². The first-order valence-electron chi connectivity index (χ1n) is 6.91. The van der Waals surface area contributed by atoms with Crippen LogP contribution in [0.3, 0.4) is 0 Å². The Labute approximate surface area is 118 Å². The van der Waals surface area contributed by atoms with Crippen molar-refractivity contribution in [2.45, 2.75) is 19.3 Å². The minimum Gasteiger partial charge on any atom is -0.481 e. The van der Waals surface area contributed by atoms with E-state index in [1.165, 1.54) is 0 Å². The highest BCUT2D eigenvalue weighted by Gasteiger charge is 2.29. The highest BCUT2D eigenvalue weighted by molar-refractivity contribution is 5.96. The zero-order valence-corrected chi connectivity index (χ0v) is 11.4. The van der Waals surface area contributed by atoms with Gasteiger partial charge < -0.3 is 15.7 Å². The largest absolute Gasteiger partial charge is 0.481 e. The number of nitrogens with two attached hydrogens (primary N) is 1. The number of rotatable bonds is 5. The van der Waals surface area contributed by atoms with Crippen LogP contribution in [0.25, 0.3) is 0 Å². The predicted molar refractivity (Wildman–Crippen MR) is 75.5 cm³/mol. The summed E-state index contributed by atoms with van der Waals surface area (Å²) in [5, 5.41) is 8.81. The average molecular weight is 276 g/mol. The van der Waals surface area contributed by atoms with Gasteiger partial charge >= 0.3 is 5.97 Å². The molecule has 20 heavy (non-hydrogen) atoms. The number of carboxylic acid groups (broad SMARTS) is 1. The molecule has 0 aliphatic carbocycles. The Balaban J connectivity index is 2.07. The van der Waals surface area contributed by atoms with Crippen molar-refractivity contribution in [3.8, 4) is 0 Å². The summed E-state index contributed by atoms with van der Waals surface area (Å²) >= 11 is 0. The van der Waals surface area contributed by atoms with Crippen molar-refractivity contribution in [3.05, 3.63) is 35.4 Å². The number of aliphatic carboxylic acids is 1. The second kappa shape index (κ2) is 6.52. The van der Waals surface area contributed by atoms with E-state index in [-0.39, 0.29) is 18.2 Å². The van der Waals surface area contributed by atoms with E-state index < -0.39 is 5.97 Å². The molecule has 1 aromatic rings. The number of hydrogen-bond acceptors (Lipinski definition) is 3. The molecule has 1 fully saturated rings. The van der Waals surface area contributed by atoms with Crippen molar-refractivity contribution < 1.29 is 14.7 Å². The molecule has 1 aliphatic rings. The molecule has 1 amide bonds. The van der Waals surface area contributed by atoms with E-state index in [9.17, 15) is 9.59 Å². The standard InChI is InChI=1S/C15H20N2O3/c16-7-5-12-3-1-2-4-13(12)15(20)17-8-6-11(10-17)9-14(18)19/h1-4,11H,5-10,16H2,(H,18,19). The molecule has 0 bridgehead atoms. The summed E-state index contributed by atoms with van der Waals surface area (Å²) in [5.74, 6) is -0.743. The second-order valence-electron chi connectivity index (χ2n) is 5.20. The fraction of sp³-hybridized carbons (Fsp3) is 0.467. The Hall–Kier alpha value is -1.88. The highest BCUT2D eigenvalue weighted by Crippen LogP contribution is 2.22. The zero-order chi connectivity index (χ0) is 14.5. The van der Waals surface area contributed by atoms with Crippen LogP contribution in [-0.4, -0.2) is 41.5 Å². The molecule has 3 N–H and O–H groups in total. The first kappa shape index (κ1) is 14.5. The van der Waals surface area contributed by atoms with E-state index in [1.54, 1.807) is 4.90 Å². The molecule has 0 spiro atoms. The minimum absolute atomic E-state index is 0.0121. The maximum Gasteiger partial charge on any atom is 0.303 e. The van der Waals surface area contributed by atoms with Gasteiger partial charge in [0.1, 0.15) is 0 Å². The minimum atomic E-state index is -0.798. The number of likely N-dealkylation sites (tertiary alicyclic amines) is 1. The summed E-state index contributed by atoms with van der Waals surface area (Å²) in [6.07, 6.45) is 1.57. The lowest BCUT2D eigenvalue weighted by Gasteiger charge is -2.18. The molecule has 2 rings (SSSR count). The van der Waals surface area contributed by atoms with Crippen molar-refractivity contribution in [3.63, 3.8) is 0 Å². The molecule has 1 unspecified atom stereocenters. The number of hydrogen-bond donors (Lipinski definition) is 2. The molecular weight excluding hydrogens is 256 g/mol. The number of carboxylic acids is 1. The molecule has 0 radical (unpaired) electrons. The quantitative estimate of drug-likeness (QED) is 0.844. The van der Waals surface area contributed by atoms with E-state index in [2.05, 4.69) is 0 Å². The topological polar surface area (TPSA) is 83.6 Å². The lowest BCUT2D eigenvalue weighted by molar-refractivity contribution is -0.138. The summed E-state index contributed by atoms with van der Waals surface area (Å²) in [5.41, 5.74) is 7.22. The summed E-state index contributed by atoms with van der Waals surface area (Å²) in [6, 6.07) is 7.49. The van der Waals surface area contributed by atoms with Crippen molar-refractivity contribution in [2.75, 3.05) is 19.6 Å². The Morgan fingerprint density at radius 2 is 2.10 bits per heavy atom. The third-order valence-corrected chi connectivity index (χ3v) is 3.70. The predicted octanol–water partition coefficient (Wildman–Crippen LogP) is 1.12. The van der Waals surface area contributed by atoms with Gasteiger partial charge in [0.15, 0.2) is 0 Å². The lowest BCUT2D eigenvalue weighted by atomic mass is 10.0. The van der Waals surface area contributed by atoms with Gasteiger partial charge in [-0.05, 0) is 36.9 Å². The van der Waals surface area contributed by atoms with Crippen molar-refractivity contribution in [1.29, 1.82) is 0 Å².